The molecule has 5 nitrogen and oxygen atoms in total. The Morgan fingerprint density at radius 3 is 2.54 bits per heavy atom. The van der Waals surface area contributed by atoms with Gasteiger partial charge in [-0.15, -0.1) is 0 Å². The fourth-order valence-corrected chi connectivity index (χ4v) is 2.90. The van der Waals surface area contributed by atoms with Gasteiger partial charge < -0.3 is 5.32 Å². The van der Waals surface area contributed by atoms with E-state index in [9.17, 15) is 14.4 Å². The van der Waals surface area contributed by atoms with Crippen LogP contribution in [0.5, 0.6) is 0 Å². The summed E-state index contributed by atoms with van der Waals surface area (Å²) in [5, 5.41) is 2.75. The van der Waals surface area contributed by atoms with Gasteiger partial charge in [0.2, 0.25) is 0 Å². The highest BCUT2D eigenvalue weighted by Crippen LogP contribution is 2.25. The lowest BCUT2D eigenvalue weighted by Gasteiger charge is -2.22. The second-order valence-electron chi connectivity index (χ2n) is 7.33. The van der Waals surface area contributed by atoms with E-state index in [4.69, 9.17) is 0 Å². The lowest BCUT2D eigenvalue weighted by atomic mass is 9.92. The van der Waals surface area contributed by atoms with E-state index in [-0.39, 0.29) is 18.2 Å². The van der Waals surface area contributed by atoms with Gasteiger partial charge in [-0.3, -0.25) is 14.5 Å². The Morgan fingerprint density at radius 2 is 1.92 bits per heavy atom. The van der Waals surface area contributed by atoms with Crippen LogP contribution in [0.3, 0.4) is 0 Å². The number of nitrogens with zero attached hydrogens (tertiary/aromatic N) is 1. The molecule has 2 rings (SSSR count). The average Bonchev–Trinajstić information content (AvgIpc) is 2.71. The minimum absolute atomic E-state index is 0.215. The number of Topliss-reactive ketones (excluding diaryl/α,β-unsaturated/α-hetero) is 1. The summed E-state index contributed by atoms with van der Waals surface area (Å²) in [5.41, 5.74) is 1.47. The Morgan fingerprint density at radius 1 is 1.25 bits per heavy atom. The molecule has 1 fully saturated rings. The molecule has 1 aliphatic rings. The number of nitrogens with one attached hydrogen (secondary N) is 1. The first-order valence-electron chi connectivity index (χ1n) is 8.38. The quantitative estimate of drug-likeness (QED) is 0.643. The Hall–Kier alpha value is -2.17. The predicted octanol–water partition coefficient (Wildman–Crippen LogP) is 3.23. The Bertz CT molecular complexity index is 681. The number of carbonyl (C=O) groups excluding carboxylic acids is 3. The van der Waals surface area contributed by atoms with E-state index in [2.05, 4.69) is 19.2 Å². The van der Waals surface area contributed by atoms with Crippen molar-refractivity contribution < 1.29 is 14.4 Å². The van der Waals surface area contributed by atoms with E-state index < -0.39 is 11.6 Å². The van der Waals surface area contributed by atoms with Crippen LogP contribution in [0.4, 0.5) is 4.79 Å². The molecule has 1 aliphatic heterocycles. The largest absolute Gasteiger partial charge is 0.325 e. The lowest BCUT2D eigenvalue weighted by Crippen LogP contribution is -2.44. The zero-order valence-corrected chi connectivity index (χ0v) is 15.1. The molecule has 1 saturated heterocycles. The van der Waals surface area contributed by atoms with Crippen LogP contribution in [0.15, 0.2) is 18.2 Å². The summed E-state index contributed by atoms with van der Waals surface area (Å²) in [6.45, 7) is 9.43. The van der Waals surface area contributed by atoms with E-state index in [1.165, 1.54) is 0 Å². The van der Waals surface area contributed by atoms with Gasteiger partial charge in [-0.2, -0.15) is 0 Å². The molecule has 0 saturated carbocycles. The van der Waals surface area contributed by atoms with Gasteiger partial charge in [-0.05, 0) is 51.2 Å². The Kier molecular flexibility index (Phi) is 5.11. The van der Waals surface area contributed by atoms with Gasteiger partial charge in [0.05, 0.1) is 6.54 Å². The molecule has 1 aromatic carbocycles. The lowest BCUT2D eigenvalue weighted by molar-refractivity contribution is -0.130. The van der Waals surface area contributed by atoms with Crippen molar-refractivity contribution in [3.05, 3.63) is 34.9 Å². The maximum atomic E-state index is 12.7. The Labute approximate surface area is 143 Å². The number of carbonyl (C=O) groups is 3. The highest BCUT2D eigenvalue weighted by atomic mass is 16.2. The molecule has 3 amide bonds. The second kappa shape index (κ2) is 6.75. The van der Waals surface area contributed by atoms with Gasteiger partial charge in [0, 0.05) is 5.56 Å². The summed E-state index contributed by atoms with van der Waals surface area (Å²) in [7, 11) is 0. The highest BCUT2D eigenvalue weighted by Gasteiger charge is 2.47. The topological polar surface area (TPSA) is 66.5 Å². The molecular formula is C19H26N2O3. The van der Waals surface area contributed by atoms with Crippen LogP contribution in [-0.2, 0) is 4.79 Å². The van der Waals surface area contributed by atoms with Gasteiger partial charge in [0.25, 0.3) is 5.91 Å². The number of benzene rings is 1. The molecule has 1 atom stereocenters. The minimum atomic E-state index is -0.913. The van der Waals surface area contributed by atoms with Crippen LogP contribution < -0.4 is 5.32 Å². The molecule has 1 N–H and O–H groups in total. The van der Waals surface area contributed by atoms with Crippen molar-refractivity contribution in [2.24, 2.45) is 5.92 Å². The van der Waals surface area contributed by atoms with Crippen molar-refractivity contribution in [2.75, 3.05) is 6.54 Å². The highest BCUT2D eigenvalue weighted by molar-refractivity contribution is 6.11. The third kappa shape index (κ3) is 3.66. The van der Waals surface area contributed by atoms with E-state index in [0.717, 1.165) is 22.4 Å². The van der Waals surface area contributed by atoms with Crippen LogP contribution in [0.2, 0.25) is 0 Å². The van der Waals surface area contributed by atoms with E-state index >= 15 is 0 Å². The molecule has 24 heavy (non-hydrogen) atoms. The fraction of sp³-hybridized carbons (Fsp3) is 0.526. The van der Waals surface area contributed by atoms with Crippen molar-refractivity contribution in [1.29, 1.82) is 0 Å². The maximum Gasteiger partial charge on any atom is 0.325 e. The number of rotatable bonds is 6. The zero-order valence-electron chi connectivity index (χ0n) is 15.1. The molecule has 130 valence electrons. The van der Waals surface area contributed by atoms with E-state index in [0.29, 0.717) is 17.9 Å². The normalized spacial score (nSPS) is 20.7. The number of amides is 3. The molecule has 5 heteroatoms. The van der Waals surface area contributed by atoms with Crippen molar-refractivity contribution in [3.8, 4) is 0 Å². The number of hydrogen-bond donors (Lipinski definition) is 1. The first kappa shape index (κ1) is 18.2. The van der Waals surface area contributed by atoms with E-state index in [1.807, 2.05) is 26.0 Å². The van der Waals surface area contributed by atoms with Crippen LogP contribution in [-0.4, -0.2) is 34.7 Å². The van der Waals surface area contributed by atoms with Gasteiger partial charge >= 0.3 is 6.03 Å². The van der Waals surface area contributed by atoms with Crippen molar-refractivity contribution in [3.63, 3.8) is 0 Å². The molecule has 0 aliphatic carbocycles. The van der Waals surface area contributed by atoms with Gasteiger partial charge in [-0.25, -0.2) is 4.79 Å². The minimum Gasteiger partial charge on any atom is -0.323 e. The van der Waals surface area contributed by atoms with Crippen LogP contribution in [0.1, 0.15) is 55.1 Å². The molecular weight excluding hydrogens is 304 g/mol. The van der Waals surface area contributed by atoms with E-state index in [1.54, 1.807) is 13.0 Å². The number of aryl methyl sites for hydroxylation is 2. The van der Waals surface area contributed by atoms with Gasteiger partial charge in [-0.1, -0.05) is 31.5 Å². The third-order valence-electron chi connectivity index (χ3n) is 4.56. The first-order chi connectivity index (χ1) is 11.1. The maximum absolute atomic E-state index is 12.7. The van der Waals surface area contributed by atoms with Crippen molar-refractivity contribution in [1.82, 2.24) is 10.2 Å². The summed E-state index contributed by atoms with van der Waals surface area (Å²) < 4.78 is 0. The number of imide groups is 1. The van der Waals surface area contributed by atoms with Gasteiger partial charge in [0.1, 0.15) is 5.54 Å². The molecule has 0 spiro atoms. The monoisotopic (exact) mass is 330 g/mol. The SMILES string of the molecule is Cc1ccc(C)c(C(=O)CN2C(=O)NC(C)(CCC(C)C)C2=O)c1. The molecule has 0 radical (unpaired) electrons. The summed E-state index contributed by atoms with van der Waals surface area (Å²) in [5.74, 6) is -0.0863. The molecule has 0 bridgehead atoms. The first-order valence-corrected chi connectivity index (χ1v) is 8.38. The number of urea groups is 1. The zero-order chi connectivity index (χ0) is 18.1. The summed E-state index contributed by atoms with van der Waals surface area (Å²) in [6, 6.07) is 5.13. The number of ketones is 1. The van der Waals surface area contributed by atoms with Crippen LogP contribution >= 0.6 is 0 Å². The molecule has 1 unspecified atom stereocenters. The average molecular weight is 330 g/mol. The molecule has 0 aromatic heterocycles. The fourth-order valence-electron chi connectivity index (χ4n) is 2.90. The summed E-state index contributed by atoms with van der Waals surface area (Å²) in [6.07, 6.45) is 1.41. The number of hydrogen-bond acceptors (Lipinski definition) is 3. The molecule has 1 heterocycles. The smallest absolute Gasteiger partial charge is 0.323 e. The van der Waals surface area contributed by atoms with Gasteiger partial charge in [0.15, 0.2) is 5.78 Å². The molecule has 1 aromatic rings. The standard InChI is InChI=1S/C19H26N2O3/c1-12(2)8-9-19(5)17(23)21(18(24)20-19)11-16(22)15-10-13(3)6-7-14(15)4/h6-7,10,12H,8-9,11H2,1-5H3,(H,20,24). The summed E-state index contributed by atoms with van der Waals surface area (Å²) in [4.78, 5) is 38.5. The van der Waals surface area contributed by atoms with Crippen LogP contribution in [0, 0.1) is 19.8 Å². The van der Waals surface area contributed by atoms with Crippen LogP contribution in [0.25, 0.3) is 0 Å². The Balaban J connectivity index is 2.15. The van der Waals surface area contributed by atoms with Crippen molar-refractivity contribution in [2.45, 2.75) is 53.0 Å². The second-order valence-corrected chi connectivity index (χ2v) is 7.33. The predicted molar refractivity (Wildman–Crippen MR) is 93.0 cm³/mol. The van der Waals surface area contributed by atoms with Crippen molar-refractivity contribution >= 4 is 17.7 Å². The third-order valence-corrected chi connectivity index (χ3v) is 4.56. The summed E-state index contributed by atoms with van der Waals surface area (Å²) >= 11 is 0.